The molecular formula is C17H18N2O5S2. The second-order valence-corrected chi connectivity index (χ2v) is 8.27. The molecule has 9 heteroatoms. The third-order valence-electron chi connectivity index (χ3n) is 3.20. The van der Waals surface area contributed by atoms with Gasteiger partial charge in [-0.3, -0.25) is 9.59 Å². The molecule has 0 aliphatic rings. The van der Waals surface area contributed by atoms with Gasteiger partial charge in [-0.2, -0.15) is 0 Å². The Balaban J connectivity index is 1.81. The number of ether oxygens (including phenoxy) is 1. The lowest BCUT2D eigenvalue weighted by atomic mass is 10.3. The van der Waals surface area contributed by atoms with Gasteiger partial charge in [-0.15, -0.1) is 11.8 Å². The second kappa shape index (κ2) is 8.84. The zero-order valence-corrected chi connectivity index (χ0v) is 15.5. The molecule has 138 valence electrons. The summed E-state index contributed by atoms with van der Waals surface area (Å²) in [4.78, 5) is 24.7. The summed E-state index contributed by atoms with van der Waals surface area (Å²) in [5, 5.41) is 7.04. The van der Waals surface area contributed by atoms with Crippen molar-refractivity contribution in [2.45, 2.75) is 22.0 Å². The lowest BCUT2D eigenvalue weighted by Gasteiger charge is -2.11. The average Bonchev–Trinajstić information content (AvgIpc) is 2.60. The highest BCUT2D eigenvalue weighted by molar-refractivity contribution is 8.00. The maximum Gasteiger partial charge on any atom is 0.319 e. The number of nitrogens with one attached hydrogen (secondary N) is 1. The van der Waals surface area contributed by atoms with Crippen LogP contribution in [-0.2, 0) is 24.3 Å². The van der Waals surface area contributed by atoms with Crippen LogP contribution in [0.1, 0.15) is 6.92 Å². The number of amides is 1. The number of nitrogens with two attached hydrogens (primary N) is 1. The van der Waals surface area contributed by atoms with Crippen LogP contribution in [0, 0.1) is 0 Å². The number of benzene rings is 2. The third kappa shape index (κ3) is 6.17. The number of sulfonamides is 1. The van der Waals surface area contributed by atoms with E-state index in [9.17, 15) is 18.0 Å². The van der Waals surface area contributed by atoms with E-state index in [1.54, 1.807) is 6.92 Å². The number of thioether (sulfide) groups is 1. The predicted octanol–water partition coefficient (Wildman–Crippen LogP) is 2.00. The summed E-state index contributed by atoms with van der Waals surface area (Å²) in [6.07, 6.45) is 0. The first-order chi connectivity index (χ1) is 12.3. The highest BCUT2D eigenvalue weighted by Gasteiger charge is 2.17. The van der Waals surface area contributed by atoms with E-state index in [1.165, 1.54) is 36.0 Å². The Morgan fingerprint density at radius 1 is 1.12 bits per heavy atom. The zero-order valence-electron chi connectivity index (χ0n) is 13.9. The van der Waals surface area contributed by atoms with E-state index in [2.05, 4.69) is 5.32 Å². The van der Waals surface area contributed by atoms with Crippen molar-refractivity contribution < 1.29 is 22.7 Å². The molecule has 0 aromatic heterocycles. The molecule has 0 bridgehead atoms. The molecule has 26 heavy (non-hydrogen) atoms. The highest BCUT2D eigenvalue weighted by atomic mass is 32.2. The fourth-order valence-electron chi connectivity index (χ4n) is 1.93. The van der Waals surface area contributed by atoms with Crippen LogP contribution in [0.4, 0.5) is 5.69 Å². The fraction of sp³-hybridized carbons (Fsp3) is 0.176. The largest absolute Gasteiger partial charge is 0.455 e. The molecule has 3 N–H and O–H groups in total. The van der Waals surface area contributed by atoms with Gasteiger partial charge < -0.3 is 10.1 Å². The number of rotatable bonds is 7. The van der Waals surface area contributed by atoms with Crippen molar-refractivity contribution in [2.75, 3.05) is 11.9 Å². The van der Waals surface area contributed by atoms with Gasteiger partial charge in [0.2, 0.25) is 10.0 Å². The SMILES string of the molecule is C[C@@H](Sc1ccccc1)C(=O)OCC(=O)Nc1ccc(S(N)(=O)=O)cc1. The number of carbonyl (C=O) groups is 2. The summed E-state index contributed by atoms with van der Waals surface area (Å²) in [5.74, 6) is -1.03. The number of hydrogen-bond acceptors (Lipinski definition) is 6. The van der Waals surface area contributed by atoms with Crippen LogP contribution in [0.2, 0.25) is 0 Å². The Hall–Kier alpha value is -2.36. The van der Waals surface area contributed by atoms with Gasteiger partial charge in [-0.25, -0.2) is 13.6 Å². The summed E-state index contributed by atoms with van der Waals surface area (Å²) in [5.41, 5.74) is 0.366. The molecule has 0 fully saturated rings. The molecular weight excluding hydrogens is 376 g/mol. The number of hydrogen-bond donors (Lipinski definition) is 2. The van der Waals surface area contributed by atoms with Gasteiger partial charge in [0.05, 0.1) is 4.90 Å². The van der Waals surface area contributed by atoms with Crippen LogP contribution in [0.25, 0.3) is 0 Å². The molecule has 1 amide bonds. The van der Waals surface area contributed by atoms with Crippen LogP contribution in [0.15, 0.2) is 64.4 Å². The van der Waals surface area contributed by atoms with Gasteiger partial charge in [0.15, 0.2) is 6.61 Å². The first-order valence-electron chi connectivity index (χ1n) is 7.57. The molecule has 0 spiro atoms. The predicted molar refractivity (Wildman–Crippen MR) is 99.2 cm³/mol. The molecule has 0 radical (unpaired) electrons. The smallest absolute Gasteiger partial charge is 0.319 e. The maximum atomic E-state index is 12.0. The minimum Gasteiger partial charge on any atom is -0.455 e. The van der Waals surface area contributed by atoms with Gasteiger partial charge in [0.1, 0.15) is 5.25 Å². The first-order valence-corrected chi connectivity index (χ1v) is 9.99. The quantitative estimate of drug-likeness (QED) is 0.548. The van der Waals surface area contributed by atoms with Crippen molar-refractivity contribution in [3.63, 3.8) is 0 Å². The maximum absolute atomic E-state index is 12.0. The van der Waals surface area contributed by atoms with E-state index in [1.807, 2.05) is 30.3 Å². The number of carbonyl (C=O) groups excluding carboxylic acids is 2. The summed E-state index contributed by atoms with van der Waals surface area (Å²) in [6, 6.07) is 14.7. The third-order valence-corrected chi connectivity index (χ3v) is 5.22. The van der Waals surface area contributed by atoms with Crippen molar-refractivity contribution in [2.24, 2.45) is 5.14 Å². The lowest BCUT2D eigenvalue weighted by molar-refractivity contribution is -0.146. The fourth-order valence-corrected chi connectivity index (χ4v) is 3.33. The highest BCUT2D eigenvalue weighted by Crippen LogP contribution is 2.23. The molecule has 0 aliphatic carbocycles. The van der Waals surface area contributed by atoms with E-state index in [-0.39, 0.29) is 4.90 Å². The molecule has 7 nitrogen and oxygen atoms in total. The Morgan fingerprint density at radius 2 is 1.73 bits per heavy atom. The lowest BCUT2D eigenvalue weighted by Crippen LogP contribution is -2.24. The van der Waals surface area contributed by atoms with Crippen LogP contribution >= 0.6 is 11.8 Å². The average molecular weight is 394 g/mol. The minimum atomic E-state index is -3.79. The Labute approximate surface area is 156 Å². The molecule has 0 heterocycles. The van der Waals surface area contributed by atoms with E-state index in [4.69, 9.17) is 9.88 Å². The molecule has 0 unspecified atom stereocenters. The van der Waals surface area contributed by atoms with Crippen LogP contribution in [0.3, 0.4) is 0 Å². The van der Waals surface area contributed by atoms with E-state index < -0.39 is 33.8 Å². The van der Waals surface area contributed by atoms with Crippen molar-refractivity contribution in [3.05, 3.63) is 54.6 Å². The Bertz CT molecular complexity index is 868. The topological polar surface area (TPSA) is 116 Å². The summed E-state index contributed by atoms with van der Waals surface area (Å²) < 4.78 is 27.3. The Kier molecular flexibility index (Phi) is 6.78. The molecule has 2 rings (SSSR count). The van der Waals surface area contributed by atoms with Crippen LogP contribution < -0.4 is 10.5 Å². The first kappa shape index (κ1) is 20.0. The molecule has 0 aliphatic heterocycles. The molecule has 0 saturated heterocycles. The molecule has 2 aromatic carbocycles. The number of primary sulfonamides is 1. The van der Waals surface area contributed by atoms with Crippen molar-refractivity contribution in [1.82, 2.24) is 0 Å². The van der Waals surface area contributed by atoms with Gasteiger partial charge in [0, 0.05) is 10.6 Å². The monoisotopic (exact) mass is 394 g/mol. The summed E-state index contributed by atoms with van der Waals surface area (Å²) >= 11 is 1.34. The van der Waals surface area contributed by atoms with Gasteiger partial charge in [-0.05, 0) is 43.3 Å². The van der Waals surface area contributed by atoms with E-state index in [0.717, 1.165) is 4.90 Å². The normalized spacial score (nSPS) is 12.2. The van der Waals surface area contributed by atoms with Crippen molar-refractivity contribution in [1.29, 1.82) is 0 Å². The Morgan fingerprint density at radius 3 is 2.31 bits per heavy atom. The van der Waals surface area contributed by atoms with Crippen molar-refractivity contribution >= 4 is 39.3 Å². The number of esters is 1. The molecule has 0 saturated carbocycles. The summed E-state index contributed by atoms with van der Waals surface area (Å²) in [6.45, 7) is 1.26. The van der Waals surface area contributed by atoms with Gasteiger partial charge in [0.25, 0.3) is 5.91 Å². The molecule has 2 aromatic rings. The van der Waals surface area contributed by atoms with Crippen molar-refractivity contribution in [3.8, 4) is 0 Å². The van der Waals surface area contributed by atoms with E-state index >= 15 is 0 Å². The van der Waals surface area contributed by atoms with Gasteiger partial charge in [-0.1, -0.05) is 18.2 Å². The summed E-state index contributed by atoms with van der Waals surface area (Å²) in [7, 11) is -3.79. The second-order valence-electron chi connectivity index (χ2n) is 5.30. The molecule has 1 atom stereocenters. The van der Waals surface area contributed by atoms with Gasteiger partial charge >= 0.3 is 5.97 Å². The zero-order chi connectivity index (χ0) is 19.2. The van der Waals surface area contributed by atoms with Crippen LogP contribution in [-0.4, -0.2) is 32.2 Å². The standard InChI is InChI=1S/C17H18N2O5S2/c1-12(25-14-5-3-2-4-6-14)17(21)24-11-16(20)19-13-7-9-15(10-8-13)26(18,22)23/h2-10,12H,11H2,1H3,(H,19,20)(H2,18,22,23)/t12-/m1/s1. The van der Waals surface area contributed by atoms with Crippen LogP contribution in [0.5, 0.6) is 0 Å². The number of anilines is 1. The minimum absolute atomic E-state index is 0.0614. The van der Waals surface area contributed by atoms with E-state index in [0.29, 0.717) is 5.69 Å².